The van der Waals surface area contributed by atoms with Crippen molar-refractivity contribution in [1.82, 2.24) is 10.2 Å². The van der Waals surface area contributed by atoms with E-state index in [9.17, 15) is 13.9 Å². The van der Waals surface area contributed by atoms with Gasteiger partial charge in [0, 0.05) is 24.2 Å². The van der Waals surface area contributed by atoms with E-state index in [-0.39, 0.29) is 12.1 Å². The number of hydrogen-bond acceptors (Lipinski definition) is 3. The van der Waals surface area contributed by atoms with E-state index >= 15 is 0 Å². The van der Waals surface area contributed by atoms with Crippen molar-refractivity contribution in [2.75, 3.05) is 19.6 Å². The van der Waals surface area contributed by atoms with E-state index in [0.717, 1.165) is 50.2 Å². The minimum absolute atomic E-state index is 0.0272. The molecular formula is C17H24F2N2O. The Balaban J connectivity index is 1.45. The molecular weight excluding hydrogens is 286 g/mol. The second-order valence-electron chi connectivity index (χ2n) is 6.48. The molecule has 5 heteroatoms. The van der Waals surface area contributed by atoms with E-state index in [1.165, 1.54) is 19.3 Å². The number of nitrogens with one attached hydrogen (secondary N) is 1. The molecule has 22 heavy (non-hydrogen) atoms. The van der Waals surface area contributed by atoms with Crippen molar-refractivity contribution in [1.29, 1.82) is 0 Å². The Kier molecular flexibility index (Phi) is 5.06. The number of piperidine rings is 1. The number of aliphatic hydroxyl groups excluding tert-OH is 1. The Bertz CT molecular complexity index is 499. The molecule has 1 aromatic rings. The maximum absolute atomic E-state index is 13.6. The number of nitrogens with zero attached hydrogens (tertiary/aromatic N) is 1. The Morgan fingerprint density at radius 3 is 2.55 bits per heavy atom. The van der Waals surface area contributed by atoms with Crippen molar-refractivity contribution in [3.63, 3.8) is 0 Å². The van der Waals surface area contributed by atoms with Crippen LogP contribution in [0.4, 0.5) is 8.78 Å². The number of likely N-dealkylation sites (tertiary alicyclic amines) is 1. The first kappa shape index (κ1) is 15.8. The number of halogens is 2. The highest BCUT2D eigenvalue weighted by atomic mass is 19.1. The summed E-state index contributed by atoms with van der Waals surface area (Å²) in [6.45, 7) is 2.44. The summed E-state index contributed by atoms with van der Waals surface area (Å²) in [4.78, 5) is 2.56. The molecule has 2 N–H and O–H groups in total. The zero-order valence-electron chi connectivity index (χ0n) is 12.8. The minimum Gasteiger partial charge on any atom is -0.387 e. The van der Waals surface area contributed by atoms with Gasteiger partial charge in [-0.2, -0.15) is 0 Å². The predicted molar refractivity (Wildman–Crippen MR) is 81.6 cm³/mol. The summed E-state index contributed by atoms with van der Waals surface area (Å²) in [6, 6.07) is 4.33. The standard InChI is InChI=1S/C17H24F2N2O/c18-12-4-5-16(19)15(10-12)17(22)11-20-13-6-8-21(9-7-13)14-2-1-3-14/h4-5,10,13-14,17,20,22H,1-3,6-9,11H2/t17-/m0/s1. The first-order chi connectivity index (χ1) is 10.6. The van der Waals surface area contributed by atoms with Crippen molar-refractivity contribution in [3.8, 4) is 0 Å². The highest BCUT2D eigenvalue weighted by molar-refractivity contribution is 5.21. The van der Waals surface area contributed by atoms with Crippen molar-refractivity contribution < 1.29 is 13.9 Å². The van der Waals surface area contributed by atoms with Crippen molar-refractivity contribution >= 4 is 0 Å². The molecule has 3 nitrogen and oxygen atoms in total. The van der Waals surface area contributed by atoms with Gasteiger partial charge in [0.2, 0.25) is 0 Å². The molecule has 1 aliphatic heterocycles. The third kappa shape index (κ3) is 3.65. The molecule has 1 atom stereocenters. The Hall–Kier alpha value is -1.04. The molecule has 1 aliphatic carbocycles. The molecule has 1 aromatic carbocycles. The highest BCUT2D eigenvalue weighted by Crippen LogP contribution is 2.27. The van der Waals surface area contributed by atoms with Crippen LogP contribution in [0.5, 0.6) is 0 Å². The molecule has 0 amide bonds. The quantitative estimate of drug-likeness (QED) is 0.877. The molecule has 2 fully saturated rings. The molecule has 0 aromatic heterocycles. The van der Waals surface area contributed by atoms with E-state index < -0.39 is 17.7 Å². The summed E-state index contributed by atoms with van der Waals surface area (Å²) < 4.78 is 26.8. The van der Waals surface area contributed by atoms with Gasteiger partial charge in [-0.15, -0.1) is 0 Å². The Labute approximate surface area is 130 Å². The predicted octanol–water partition coefficient (Wildman–Crippen LogP) is 2.60. The molecule has 122 valence electrons. The summed E-state index contributed by atoms with van der Waals surface area (Å²) in [5.41, 5.74) is 0.0272. The minimum atomic E-state index is -1.01. The van der Waals surface area contributed by atoms with Crippen molar-refractivity contribution in [2.24, 2.45) is 0 Å². The lowest BCUT2D eigenvalue weighted by Crippen LogP contribution is -2.49. The summed E-state index contributed by atoms with van der Waals surface area (Å²) in [6.07, 6.45) is 5.10. The molecule has 0 unspecified atom stereocenters. The van der Waals surface area contributed by atoms with Crippen LogP contribution >= 0.6 is 0 Å². The van der Waals surface area contributed by atoms with Gasteiger partial charge in [0.05, 0.1) is 6.10 Å². The topological polar surface area (TPSA) is 35.5 Å². The monoisotopic (exact) mass is 310 g/mol. The SMILES string of the molecule is O[C@@H](CNC1CCN(C2CCC2)CC1)c1cc(F)ccc1F. The number of benzene rings is 1. The first-order valence-electron chi connectivity index (χ1n) is 8.24. The smallest absolute Gasteiger partial charge is 0.129 e. The molecule has 1 saturated heterocycles. The van der Waals surface area contributed by atoms with Gasteiger partial charge in [-0.3, -0.25) is 0 Å². The van der Waals surface area contributed by atoms with Crippen LogP contribution in [-0.4, -0.2) is 41.7 Å². The van der Waals surface area contributed by atoms with E-state index in [4.69, 9.17) is 0 Å². The van der Waals surface area contributed by atoms with Crippen LogP contribution in [0.2, 0.25) is 0 Å². The third-order valence-corrected chi connectivity index (χ3v) is 5.04. The van der Waals surface area contributed by atoms with Gasteiger partial charge < -0.3 is 15.3 Å². The molecule has 0 bridgehead atoms. The average Bonchev–Trinajstić information content (AvgIpc) is 2.47. The lowest BCUT2D eigenvalue weighted by molar-refractivity contribution is 0.0874. The maximum atomic E-state index is 13.6. The van der Waals surface area contributed by atoms with Gasteiger partial charge in [-0.1, -0.05) is 6.42 Å². The summed E-state index contributed by atoms with van der Waals surface area (Å²) in [5.74, 6) is -1.08. The van der Waals surface area contributed by atoms with Crippen molar-refractivity contribution in [3.05, 3.63) is 35.4 Å². The normalized spacial score (nSPS) is 22.5. The fourth-order valence-electron chi connectivity index (χ4n) is 3.38. The fourth-order valence-corrected chi connectivity index (χ4v) is 3.38. The van der Waals surface area contributed by atoms with Gasteiger partial charge in [0.15, 0.2) is 0 Å². The Morgan fingerprint density at radius 2 is 1.91 bits per heavy atom. The van der Waals surface area contributed by atoms with Gasteiger partial charge in [-0.25, -0.2) is 8.78 Å². The average molecular weight is 310 g/mol. The molecule has 1 heterocycles. The van der Waals surface area contributed by atoms with Crippen LogP contribution in [0.15, 0.2) is 18.2 Å². The number of rotatable bonds is 5. The summed E-state index contributed by atoms with van der Waals surface area (Å²) >= 11 is 0. The van der Waals surface area contributed by atoms with Crippen LogP contribution < -0.4 is 5.32 Å². The van der Waals surface area contributed by atoms with Gasteiger partial charge in [-0.05, 0) is 57.0 Å². The molecule has 1 saturated carbocycles. The van der Waals surface area contributed by atoms with E-state index in [1.54, 1.807) is 0 Å². The molecule has 2 aliphatic rings. The van der Waals surface area contributed by atoms with Crippen LogP contribution in [-0.2, 0) is 0 Å². The summed E-state index contributed by atoms with van der Waals surface area (Å²) in [5, 5.41) is 13.4. The van der Waals surface area contributed by atoms with E-state index in [1.807, 2.05) is 0 Å². The van der Waals surface area contributed by atoms with Crippen LogP contribution in [0.25, 0.3) is 0 Å². The molecule has 0 radical (unpaired) electrons. The van der Waals surface area contributed by atoms with Crippen LogP contribution in [0, 0.1) is 11.6 Å². The second-order valence-corrected chi connectivity index (χ2v) is 6.48. The molecule has 3 rings (SSSR count). The zero-order valence-corrected chi connectivity index (χ0v) is 12.8. The van der Waals surface area contributed by atoms with Crippen molar-refractivity contribution in [2.45, 2.75) is 50.3 Å². The van der Waals surface area contributed by atoms with Gasteiger partial charge >= 0.3 is 0 Å². The van der Waals surface area contributed by atoms with Gasteiger partial charge in [0.25, 0.3) is 0 Å². The molecule has 0 spiro atoms. The van der Waals surface area contributed by atoms with E-state index in [2.05, 4.69) is 10.2 Å². The first-order valence-corrected chi connectivity index (χ1v) is 8.24. The summed E-state index contributed by atoms with van der Waals surface area (Å²) in [7, 11) is 0. The van der Waals surface area contributed by atoms with Crippen LogP contribution in [0.3, 0.4) is 0 Å². The van der Waals surface area contributed by atoms with Gasteiger partial charge in [0.1, 0.15) is 11.6 Å². The highest BCUT2D eigenvalue weighted by Gasteiger charge is 2.28. The zero-order chi connectivity index (χ0) is 15.5. The third-order valence-electron chi connectivity index (χ3n) is 5.04. The number of aliphatic hydroxyl groups is 1. The maximum Gasteiger partial charge on any atom is 0.129 e. The Morgan fingerprint density at radius 1 is 1.18 bits per heavy atom. The van der Waals surface area contributed by atoms with Crippen LogP contribution in [0.1, 0.15) is 43.8 Å². The fraction of sp³-hybridized carbons (Fsp3) is 0.647. The van der Waals surface area contributed by atoms with E-state index in [0.29, 0.717) is 6.04 Å². The largest absolute Gasteiger partial charge is 0.387 e. The second kappa shape index (κ2) is 7.02. The number of hydrogen-bond donors (Lipinski definition) is 2. The lowest BCUT2D eigenvalue weighted by atomic mass is 9.89. The lowest BCUT2D eigenvalue weighted by Gasteiger charge is -2.42.